The Kier molecular flexibility index (Phi) is 4.56. The lowest BCUT2D eigenvalue weighted by atomic mass is 10.1. The second-order valence-corrected chi connectivity index (χ2v) is 5.10. The van der Waals surface area contributed by atoms with Crippen molar-refractivity contribution in [1.82, 2.24) is 10.3 Å². The largest absolute Gasteiger partial charge is 0.416 e. The summed E-state index contributed by atoms with van der Waals surface area (Å²) in [6.45, 7) is 0.169. The van der Waals surface area contributed by atoms with Gasteiger partial charge in [-0.2, -0.15) is 13.2 Å². The minimum Gasteiger partial charge on any atom is -0.352 e. The summed E-state index contributed by atoms with van der Waals surface area (Å²) in [5, 5.41) is 4.92. The summed E-state index contributed by atoms with van der Waals surface area (Å²) in [5.41, 5.74) is -1.68. The molecule has 0 saturated heterocycles. The van der Waals surface area contributed by atoms with Gasteiger partial charge in [0, 0.05) is 24.5 Å². The van der Waals surface area contributed by atoms with Crippen molar-refractivity contribution in [2.75, 3.05) is 6.54 Å². The lowest BCUT2D eigenvalue weighted by molar-refractivity contribution is -0.137. The quantitative estimate of drug-likeness (QED) is 0.879. The second-order valence-electron chi connectivity index (χ2n) is 4.12. The molecule has 2 aromatic rings. The Morgan fingerprint density at radius 3 is 2.71 bits per heavy atom. The van der Waals surface area contributed by atoms with Crippen molar-refractivity contribution in [1.29, 1.82) is 0 Å². The van der Waals surface area contributed by atoms with E-state index >= 15 is 0 Å². The zero-order valence-electron chi connectivity index (χ0n) is 10.6. The number of rotatable bonds is 4. The maximum absolute atomic E-state index is 13.5. The van der Waals surface area contributed by atoms with Crippen LogP contribution in [0, 0.1) is 5.82 Å². The number of benzene rings is 1. The zero-order chi connectivity index (χ0) is 15.5. The summed E-state index contributed by atoms with van der Waals surface area (Å²) in [5.74, 6) is -1.87. The Balaban J connectivity index is 2.04. The topological polar surface area (TPSA) is 42.0 Å². The molecule has 112 valence electrons. The van der Waals surface area contributed by atoms with E-state index in [0.29, 0.717) is 24.6 Å². The van der Waals surface area contributed by atoms with Crippen LogP contribution in [0.25, 0.3) is 0 Å². The minimum atomic E-state index is -4.62. The molecule has 1 heterocycles. The van der Waals surface area contributed by atoms with Gasteiger partial charge in [-0.25, -0.2) is 9.37 Å². The van der Waals surface area contributed by atoms with Crippen molar-refractivity contribution < 1.29 is 22.4 Å². The SMILES string of the molecule is O=C(NCCc1nccs1)c1cc(C(F)(F)F)ccc1F. The number of nitrogens with zero attached hydrogens (tertiary/aromatic N) is 1. The van der Waals surface area contributed by atoms with Crippen LogP contribution in [-0.4, -0.2) is 17.4 Å². The van der Waals surface area contributed by atoms with E-state index in [1.807, 2.05) is 0 Å². The number of alkyl halides is 3. The maximum Gasteiger partial charge on any atom is 0.416 e. The highest BCUT2D eigenvalue weighted by atomic mass is 32.1. The lowest BCUT2D eigenvalue weighted by Gasteiger charge is -2.10. The number of thiazole rings is 1. The molecule has 1 amide bonds. The van der Waals surface area contributed by atoms with Crippen molar-refractivity contribution >= 4 is 17.2 Å². The average molecular weight is 318 g/mol. The van der Waals surface area contributed by atoms with Crippen LogP contribution in [0.2, 0.25) is 0 Å². The Morgan fingerprint density at radius 1 is 1.33 bits per heavy atom. The Labute approximate surface area is 121 Å². The molecule has 0 aliphatic heterocycles. The predicted molar refractivity (Wildman–Crippen MR) is 69.6 cm³/mol. The van der Waals surface area contributed by atoms with Gasteiger partial charge in [0.05, 0.1) is 16.1 Å². The number of carbonyl (C=O) groups is 1. The molecule has 0 bridgehead atoms. The monoisotopic (exact) mass is 318 g/mol. The van der Waals surface area contributed by atoms with E-state index in [9.17, 15) is 22.4 Å². The lowest BCUT2D eigenvalue weighted by Crippen LogP contribution is -2.27. The molecule has 0 atom stereocenters. The van der Waals surface area contributed by atoms with E-state index in [4.69, 9.17) is 0 Å². The first-order valence-electron chi connectivity index (χ1n) is 5.91. The van der Waals surface area contributed by atoms with Gasteiger partial charge in [-0.05, 0) is 18.2 Å². The molecular weight excluding hydrogens is 308 g/mol. The Hall–Kier alpha value is -1.96. The third-order valence-electron chi connectivity index (χ3n) is 2.65. The van der Waals surface area contributed by atoms with Crippen LogP contribution in [0.3, 0.4) is 0 Å². The van der Waals surface area contributed by atoms with Crippen LogP contribution in [-0.2, 0) is 12.6 Å². The van der Waals surface area contributed by atoms with E-state index in [2.05, 4.69) is 10.3 Å². The third kappa shape index (κ3) is 4.01. The van der Waals surface area contributed by atoms with Crippen molar-refractivity contribution in [2.45, 2.75) is 12.6 Å². The van der Waals surface area contributed by atoms with Gasteiger partial charge in [-0.1, -0.05) is 0 Å². The number of amides is 1. The van der Waals surface area contributed by atoms with Gasteiger partial charge in [-0.3, -0.25) is 4.79 Å². The van der Waals surface area contributed by atoms with Crippen LogP contribution in [0.15, 0.2) is 29.8 Å². The highest BCUT2D eigenvalue weighted by molar-refractivity contribution is 7.09. The summed E-state index contributed by atoms with van der Waals surface area (Å²) in [6.07, 6.45) is -2.58. The molecule has 2 rings (SSSR count). The summed E-state index contributed by atoms with van der Waals surface area (Å²) >= 11 is 1.39. The number of halogens is 4. The molecular formula is C13H10F4N2OS. The molecule has 1 aromatic carbocycles. The van der Waals surface area contributed by atoms with Crippen molar-refractivity contribution in [2.24, 2.45) is 0 Å². The molecule has 0 fully saturated rings. The van der Waals surface area contributed by atoms with Gasteiger partial charge in [0.2, 0.25) is 0 Å². The Morgan fingerprint density at radius 2 is 2.10 bits per heavy atom. The van der Waals surface area contributed by atoms with Gasteiger partial charge in [0.25, 0.3) is 5.91 Å². The molecule has 8 heteroatoms. The minimum absolute atomic E-state index is 0.169. The number of hydrogen-bond donors (Lipinski definition) is 1. The van der Waals surface area contributed by atoms with Crippen LogP contribution in [0.4, 0.5) is 17.6 Å². The molecule has 1 aromatic heterocycles. The van der Waals surface area contributed by atoms with Gasteiger partial charge < -0.3 is 5.32 Å². The fraction of sp³-hybridized carbons (Fsp3) is 0.231. The fourth-order valence-electron chi connectivity index (χ4n) is 1.63. The number of carbonyl (C=O) groups excluding carboxylic acids is 1. The smallest absolute Gasteiger partial charge is 0.352 e. The first kappa shape index (κ1) is 15.4. The van der Waals surface area contributed by atoms with E-state index in [1.54, 1.807) is 11.6 Å². The first-order valence-corrected chi connectivity index (χ1v) is 6.79. The number of aromatic nitrogens is 1. The highest BCUT2D eigenvalue weighted by Crippen LogP contribution is 2.30. The van der Waals surface area contributed by atoms with Gasteiger partial charge in [-0.15, -0.1) is 11.3 Å². The molecule has 0 aliphatic rings. The summed E-state index contributed by atoms with van der Waals surface area (Å²) in [7, 11) is 0. The van der Waals surface area contributed by atoms with Crippen molar-refractivity contribution in [3.63, 3.8) is 0 Å². The molecule has 21 heavy (non-hydrogen) atoms. The number of nitrogens with one attached hydrogen (secondary N) is 1. The van der Waals surface area contributed by atoms with E-state index < -0.39 is 29.0 Å². The predicted octanol–water partition coefficient (Wildman–Crippen LogP) is 3.27. The molecule has 0 aliphatic carbocycles. The normalized spacial score (nSPS) is 11.4. The molecule has 0 unspecified atom stereocenters. The van der Waals surface area contributed by atoms with E-state index in [0.717, 1.165) is 5.01 Å². The first-order chi connectivity index (χ1) is 9.88. The summed E-state index contributed by atoms with van der Waals surface area (Å²) in [6, 6.07) is 1.74. The molecule has 3 nitrogen and oxygen atoms in total. The van der Waals surface area contributed by atoms with Crippen LogP contribution in [0.5, 0.6) is 0 Å². The van der Waals surface area contributed by atoms with E-state index in [1.165, 1.54) is 11.3 Å². The Bertz CT molecular complexity index is 626. The fourth-order valence-corrected chi connectivity index (χ4v) is 2.25. The van der Waals surface area contributed by atoms with Gasteiger partial charge in [0.15, 0.2) is 0 Å². The van der Waals surface area contributed by atoms with Crippen molar-refractivity contribution in [3.8, 4) is 0 Å². The molecule has 0 radical (unpaired) electrons. The molecule has 0 saturated carbocycles. The maximum atomic E-state index is 13.5. The zero-order valence-corrected chi connectivity index (χ0v) is 11.4. The number of hydrogen-bond acceptors (Lipinski definition) is 3. The van der Waals surface area contributed by atoms with E-state index in [-0.39, 0.29) is 6.54 Å². The second kappa shape index (κ2) is 6.21. The average Bonchev–Trinajstić information content (AvgIpc) is 2.91. The molecule has 1 N–H and O–H groups in total. The standard InChI is InChI=1S/C13H10F4N2OS/c14-10-2-1-8(13(15,16)17)7-9(10)12(20)19-4-3-11-18-5-6-21-11/h1-2,5-7H,3-4H2,(H,19,20). The molecule has 0 spiro atoms. The third-order valence-corrected chi connectivity index (χ3v) is 3.49. The van der Waals surface area contributed by atoms with Crippen molar-refractivity contribution in [3.05, 3.63) is 51.7 Å². The summed E-state index contributed by atoms with van der Waals surface area (Å²) < 4.78 is 51.1. The van der Waals surface area contributed by atoms with Crippen LogP contribution < -0.4 is 5.32 Å². The van der Waals surface area contributed by atoms with Crippen LogP contribution >= 0.6 is 11.3 Å². The van der Waals surface area contributed by atoms with Gasteiger partial charge >= 0.3 is 6.18 Å². The summed E-state index contributed by atoms with van der Waals surface area (Å²) in [4.78, 5) is 15.7. The van der Waals surface area contributed by atoms with Gasteiger partial charge in [0.1, 0.15) is 5.82 Å². The highest BCUT2D eigenvalue weighted by Gasteiger charge is 2.31. The van der Waals surface area contributed by atoms with Crippen LogP contribution in [0.1, 0.15) is 20.9 Å².